The molecule has 1 N–H and O–H groups in total. The van der Waals surface area contributed by atoms with Crippen LogP contribution < -0.4 is 10.1 Å². The number of thioether (sulfide) groups is 1. The molecule has 0 bridgehead atoms. The minimum absolute atomic E-state index is 0.0768. The van der Waals surface area contributed by atoms with Gasteiger partial charge in [0.2, 0.25) is 5.91 Å². The van der Waals surface area contributed by atoms with Crippen molar-refractivity contribution < 1.29 is 9.53 Å². The molecule has 1 amide bonds. The van der Waals surface area contributed by atoms with Crippen LogP contribution in [0.4, 0.5) is 0 Å². The fourth-order valence-electron chi connectivity index (χ4n) is 3.58. The number of rotatable bonds is 7. The van der Waals surface area contributed by atoms with E-state index in [1.807, 2.05) is 23.7 Å². The summed E-state index contributed by atoms with van der Waals surface area (Å²) in [6.45, 7) is 4.45. The number of benzene rings is 1. The number of hydrogen-bond acceptors (Lipinski definition) is 5. The van der Waals surface area contributed by atoms with Crippen LogP contribution in [0.5, 0.6) is 5.75 Å². The third kappa shape index (κ3) is 5.99. The van der Waals surface area contributed by atoms with E-state index in [0.29, 0.717) is 18.4 Å². The van der Waals surface area contributed by atoms with E-state index < -0.39 is 0 Å². The van der Waals surface area contributed by atoms with Gasteiger partial charge < -0.3 is 14.6 Å². The average molecular weight is 403 g/mol. The molecule has 1 aliphatic rings. The Hall–Kier alpha value is -2.02. The Balaban J connectivity index is 1.49. The fourth-order valence-corrected chi connectivity index (χ4v) is 4.32. The van der Waals surface area contributed by atoms with Crippen LogP contribution in [0.1, 0.15) is 55.5 Å². The molecule has 7 heteroatoms. The van der Waals surface area contributed by atoms with E-state index in [2.05, 4.69) is 35.4 Å². The van der Waals surface area contributed by atoms with Gasteiger partial charge in [0.1, 0.15) is 12.4 Å². The van der Waals surface area contributed by atoms with Gasteiger partial charge in [-0.15, -0.1) is 10.2 Å². The highest BCUT2D eigenvalue weighted by Crippen LogP contribution is 2.20. The lowest BCUT2D eigenvalue weighted by Gasteiger charge is -2.15. The standard InChI is InChI=1S/C21H30N4O2S/c1-15-10-16(2)12-18(11-15)27-13-19-23-24-21(25(19)3)28-14-20(26)22-17-8-6-4-5-7-9-17/h10-12,17H,4-9,13-14H2,1-3H3,(H,22,26). The van der Waals surface area contributed by atoms with E-state index in [1.54, 1.807) is 0 Å². The summed E-state index contributed by atoms with van der Waals surface area (Å²) in [4.78, 5) is 12.3. The predicted octanol–water partition coefficient (Wildman–Crippen LogP) is 3.94. The zero-order valence-corrected chi connectivity index (χ0v) is 17.8. The summed E-state index contributed by atoms with van der Waals surface area (Å²) in [5, 5.41) is 12.3. The lowest BCUT2D eigenvalue weighted by Crippen LogP contribution is -2.35. The predicted molar refractivity (Wildman–Crippen MR) is 112 cm³/mol. The second-order valence-electron chi connectivity index (χ2n) is 7.61. The highest BCUT2D eigenvalue weighted by Gasteiger charge is 2.16. The summed E-state index contributed by atoms with van der Waals surface area (Å²) in [5.74, 6) is 2.01. The molecule has 1 aromatic heterocycles. The molecule has 0 aliphatic heterocycles. The van der Waals surface area contributed by atoms with Gasteiger partial charge in [-0.25, -0.2) is 0 Å². The number of carbonyl (C=O) groups excluding carboxylic acids is 1. The van der Waals surface area contributed by atoms with Crippen LogP contribution in [0.3, 0.4) is 0 Å². The number of amides is 1. The molecule has 1 fully saturated rings. The molecular formula is C21H30N4O2S. The summed E-state index contributed by atoms with van der Waals surface area (Å²) >= 11 is 1.42. The lowest BCUT2D eigenvalue weighted by atomic mass is 10.1. The summed E-state index contributed by atoms with van der Waals surface area (Å²) in [6.07, 6.45) is 7.19. The second-order valence-corrected chi connectivity index (χ2v) is 8.56. The van der Waals surface area contributed by atoms with Gasteiger partial charge in [0.15, 0.2) is 11.0 Å². The van der Waals surface area contributed by atoms with Gasteiger partial charge in [0, 0.05) is 13.1 Å². The number of carbonyl (C=O) groups is 1. The van der Waals surface area contributed by atoms with Crippen molar-refractivity contribution in [3.8, 4) is 5.75 Å². The third-order valence-electron chi connectivity index (χ3n) is 5.04. The van der Waals surface area contributed by atoms with E-state index in [1.165, 1.54) is 48.6 Å². The molecule has 0 unspecified atom stereocenters. The summed E-state index contributed by atoms with van der Waals surface area (Å²) in [5.41, 5.74) is 2.34. The number of hydrogen-bond donors (Lipinski definition) is 1. The monoisotopic (exact) mass is 402 g/mol. The first-order chi connectivity index (χ1) is 13.5. The molecule has 0 radical (unpaired) electrons. The van der Waals surface area contributed by atoms with Crippen molar-refractivity contribution in [1.82, 2.24) is 20.1 Å². The Labute approximate surface area is 171 Å². The zero-order valence-electron chi connectivity index (χ0n) is 17.0. The zero-order chi connectivity index (χ0) is 19.9. The first-order valence-electron chi connectivity index (χ1n) is 10.0. The molecule has 3 rings (SSSR count). The Morgan fingerprint density at radius 1 is 1.14 bits per heavy atom. The summed E-state index contributed by atoms with van der Waals surface area (Å²) < 4.78 is 7.77. The first kappa shape index (κ1) is 20.7. The molecule has 0 atom stereocenters. The number of nitrogens with one attached hydrogen (secondary N) is 1. The highest BCUT2D eigenvalue weighted by atomic mass is 32.2. The van der Waals surface area contributed by atoms with Gasteiger partial charge >= 0.3 is 0 Å². The van der Waals surface area contributed by atoms with Crippen molar-refractivity contribution in [2.24, 2.45) is 7.05 Å². The number of nitrogens with zero attached hydrogens (tertiary/aromatic N) is 3. The quantitative estimate of drug-likeness (QED) is 0.561. The van der Waals surface area contributed by atoms with Gasteiger partial charge in [-0.1, -0.05) is 43.5 Å². The molecule has 2 aromatic rings. The molecule has 1 aromatic carbocycles. The van der Waals surface area contributed by atoms with Gasteiger partial charge in [0.05, 0.1) is 5.75 Å². The van der Waals surface area contributed by atoms with E-state index in [4.69, 9.17) is 4.74 Å². The van der Waals surface area contributed by atoms with Crippen LogP contribution in [0.25, 0.3) is 0 Å². The molecule has 1 aliphatic carbocycles. The van der Waals surface area contributed by atoms with Crippen LogP contribution in [-0.4, -0.2) is 32.5 Å². The van der Waals surface area contributed by atoms with E-state index in [9.17, 15) is 4.79 Å². The van der Waals surface area contributed by atoms with E-state index in [-0.39, 0.29) is 5.91 Å². The van der Waals surface area contributed by atoms with Gasteiger partial charge in [0.25, 0.3) is 0 Å². The van der Waals surface area contributed by atoms with Crippen LogP contribution in [0.15, 0.2) is 23.4 Å². The maximum absolute atomic E-state index is 12.3. The van der Waals surface area contributed by atoms with E-state index in [0.717, 1.165) is 29.6 Å². The second kappa shape index (κ2) is 9.96. The SMILES string of the molecule is Cc1cc(C)cc(OCc2nnc(SCC(=O)NC3CCCCCC3)n2C)c1. The molecule has 1 saturated carbocycles. The smallest absolute Gasteiger partial charge is 0.230 e. The van der Waals surface area contributed by atoms with Crippen molar-refractivity contribution in [1.29, 1.82) is 0 Å². The molecule has 6 nitrogen and oxygen atoms in total. The van der Waals surface area contributed by atoms with Crippen molar-refractivity contribution in [3.63, 3.8) is 0 Å². The van der Waals surface area contributed by atoms with Crippen molar-refractivity contribution in [2.45, 2.75) is 70.2 Å². The summed E-state index contributed by atoms with van der Waals surface area (Å²) in [6, 6.07) is 6.47. The number of aromatic nitrogens is 3. The Morgan fingerprint density at radius 2 is 1.82 bits per heavy atom. The lowest BCUT2D eigenvalue weighted by molar-refractivity contribution is -0.119. The summed E-state index contributed by atoms with van der Waals surface area (Å²) in [7, 11) is 1.91. The minimum atomic E-state index is 0.0768. The van der Waals surface area contributed by atoms with Crippen LogP contribution in [0.2, 0.25) is 0 Å². The van der Waals surface area contributed by atoms with Crippen molar-refractivity contribution in [2.75, 3.05) is 5.75 Å². The largest absolute Gasteiger partial charge is 0.486 e. The molecule has 0 spiro atoms. The maximum Gasteiger partial charge on any atom is 0.230 e. The Bertz CT molecular complexity index is 777. The topological polar surface area (TPSA) is 69.0 Å². The molecule has 0 saturated heterocycles. The van der Waals surface area contributed by atoms with E-state index >= 15 is 0 Å². The molecule has 1 heterocycles. The maximum atomic E-state index is 12.3. The van der Waals surface area contributed by atoms with Gasteiger partial charge in [-0.3, -0.25) is 4.79 Å². The van der Waals surface area contributed by atoms with Crippen LogP contribution in [0, 0.1) is 13.8 Å². The average Bonchev–Trinajstić information content (AvgIpc) is 2.82. The number of ether oxygens (including phenoxy) is 1. The third-order valence-corrected chi connectivity index (χ3v) is 6.06. The highest BCUT2D eigenvalue weighted by molar-refractivity contribution is 7.99. The van der Waals surface area contributed by atoms with Crippen molar-refractivity contribution in [3.05, 3.63) is 35.2 Å². The molecule has 28 heavy (non-hydrogen) atoms. The van der Waals surface area contributed by atoms with Crippen LogP contribution >= 0.6 is 11.8 Å². The van der Waals surface area contributed by atoms with Crippen LogP contribution in [-0.2, 0) is 18.4 Å². The Kier molecular flexibility index (Phi) is 7.36. The number of aryl methyl sites for hydroxylation is 2. The normalized spacial score (nSPS) is 15.2. The minimum Gasteiger partial charge on any atom is -0.486 e. The fraction of sp³-hybridized carbons (Fsp3) is 0.571. The van der Waals surface area contributed by atoms with Gasteiger partial charge in [-0.05, 0) is 49.9 Å². The first-order valence-corrected chi connectivity index (χ1v) is 11.0. The Morgan fingerprint density at radius 3 is 2.50 bits per heavy atom. The van der Waals surface area contributed by atoms with Gasteiger partial charge in [-0.2, -0.15) is 0 Å². The molecule has 152 valence electrons. The molecular weight excluding hydrogens is 372 g/mol. The van der Waals surface area contributed by atoms with Crippen molar-refractivity contribution >= 4 is 17.7 Å².